The Hall–Kier alpha value is -0.650. The topological polar surface area (TPSA) is 80.4 Å². The Morgan fingerprint density at radius 2 is 2.31 bits per heavy atom. The molecule has 1 rings (SSSR count). The highest BCUT2D eigenvalue weighted by Gasteiger charge is 2.20. The van der Waals surface area contributed by atoms with Gasteiger partial charge in [-0.1, -0.05) is 23.8 Å². The van der Waals surface area contributed by atoms with Gasteiger partial charge < -0.3 is 5.73 Å². The van der Waals surface area contributed by atoms with E-state index in [0.717, 1.165) is 12.0 Å². The van der Waals surface area contributed by atoms with Gasteiger partial charge in [0.05, 0.1) is 0 Å². The van der Waals surface area contributed by atoms with Crippen molar-refractivity contribution in [2.45, 2.75) is 18.1 Å². The normalized spacial score (nSPS) is 22.9. The Morgan fingerprint density at radius 1 is 1.62 bits per heavy atom. The first-order valence-electron chi connectivity index (χ1n) is 4.07. The monoisotopic (exact) mass is 203 g/mol. The molecule has 0 aromatic heterocycles. The van der Waals surface area contributed by atoms with Crippen LogP contribution in [-0.2, 0) is 10.1 Å². The van der Waals surface area contributed by atoms with E-state index in [2.05, 4.69) is 0 Å². The summed E-state index contributed by atoms with van der Waals surface area (Å²) >= 11 is 0. The molecule has 74 valence electrons. The maximum absolute atomic E-state index is 10.7. The highest BCUT2D eigenvalue weighted by molar-refractivity contribution is 7.86. The van der Waals surface area contributed by atoms with Crippen molar-refractivity contribution < 1.29 is 13.0 Å². The van der Waals surface area contributed by atoms with Crippen molar-refractivity contribution in [1.82, 2.24) is 0 Å². The van der Waals surface area contributed by atoms with Crippen LogP contribution in [0.4, 0.5) is 0 Å². The zero-order valence-corrected chi connectivity index (χ0v) is 8.00. The van der Waals surface area contributed by atoms with Gasteiger partial charge in [0.2, 0.25) is 0 Å². The van der Waals surface area contributed by atoms with Crippen LogP contribution in [0.1, 0.15) is 12.8 Å². The minimum absolute atomic E-state index is 0.338. The maximum Gasteiger partial charge on any atom is 0.271 e. The fraction of sp³-hybridized carbons (Fsp3) is 0.500. The molecular weight excluding hydrogens is 190 g/mol. The highest BCUT2D eigenvalue weighted by Crippen LogP contribution is 2.17. The maximum atomic E-state index is 10.7. The molecule has 0 fully saturated rings. The number of nitrogens with two attached hydrogens (primary N) is 1. The molecule has 3 N–H and O–H groups in total. The van der Waals surface area contributed by atoms with E-state index in [-0.39, 0.29) is 0 Å². The van der Waals surface area contributed by atoms with Gasteiger partial charge in [-0.15, -0.1) is 0 Å². The van der Waals surface area contributed by atoms with Crippen LogP contribution in [0.5, 0.6) is 0 Å². The Balaban J connectivity index is 2.64. The lowest BCUT2D eigenvalue weighted by Crippen LogP contribution is -2.19. The minimum atomic E-state index is -3.93. The van der Waals surface area contributed by atoms with E-state index in [0.29, 0.717) is 13.0 Å². The second-order valence-electron chi connectivity index (χ2n) is 2.97. The van der Waals surface area contributed by atoms with Crippen LogP contribution in [-0.4, -0.2) is 24.8 Å². The van der Waals surface area contributed by atoms with E-state index in [1.54, 1.807) is 12.2 Å². The molecule has 0 saturated heterocycles. The quantitative estimate of drug-likeness (QED) is 0.654. The molecule has 1 atom stereocenters. The van der Waals surface area contributed by atoms with Crippen molar-refractivity contribution >= 4 is 10.1 Å². The SMILES string of the molecule is NCCC1=CCC(S(=O)(=O)O)C=C1. The van der Waals surface area contributed by atoms with Gasteiger partial charge in [0.15, 0.2) is 0 Å². The lowest BCUT2D eigenvalue weighted by Gasteiger charge is -2.12. The molecule has 4 nitrogen and oxygen atoms in total. The average molecular weight is 203 g/mol. The summed E-state index contributed by atoms with van der Waals surface area (Å²) in [4.78, 5) is 0. The Morgan fingerprint density at radius 3 is 2.69 bits per heavy atom. The Bertz CT molecular complexity index is 329. The average Bonchev–Trinajstić information content (AvgIpc) is 2.04. The molecule has 0 aliphatic heterocycles. The van der Waals surface area contributed by atoms with E-state index in [9.17, 15) is 8.42 Å². The van der Waals surface area contributed by atoms with Crippen molar-refractivity contribution in [3.63, 3.8) is 0 Å². The molecule has 1 aliphatic carbocycles. The van der Waals surface area contributed by atoms with Gasteiger partial charge in [-0.3, -0.25) is 4.55 Å². The first-order chi connectivity index (χ1) is 6.04. The molecule has 1 unspecified atom stereocenters. The fourth-order valence-corrected chi connectivity index (χ4v) is 1.83. The zero-order chi connectivity index (χ0) is 9.90. The molecule has 0 aromatic carbocycles. The van der Waals surface area contributed by atoms with Gasteiger partial charge in [0.1, 0.15) is 5.25 Å². The standard InChI is InChI=1S/C8H13NO3S/c9-6-5-7-1-3-8(4-2-7)13(10,11)12/h1-3,8H,4-6,9H2,(H,10,11,12). The second kappa shape index (κ2) is 4.04. The number of rotatable bonds is 3. The van der Waals surface area contributed by atoms with Gasteiger partial charge >= 0.3 is 0 Å². The van der Waals surface area contributed by atoms with Gasteiger partial charge in [0, 0.05) is 0 Å². The van der Waals surface area contributed by atoms with Crippen molar-refractivity contribution in [2.75, 3.05) is 6.54 Å². The first kappa shape index (κ1) is 10.4. The third-order valence-electron chi connectivity index (χ3n) is 1.95. The molecular formula is C8H13NO3S. The summed E-state index contributed by atoms with van der Waals surface area (Å²) in [5, 5.41) is -0.783. The van der Waals surface area contributed by atoms with Crippen molar-refractivity contribution in [3.8, 4) is 0 Å². The molecule has 0 radical (unpaired) electrons. The van der Waals surface area contributed by atoms with Gasteiger partial charge in [-0.05, 0) is 19.4 Å². The molecule has 1 aliphatic rings. The van der Waals surface area contributed by atoms with Crippen molar-refractivity contribution in [3.05, 3.63) is 23.8 Å². The van der Waals surface area contributed by atoms with Crippen LogP contribution in [0.2, 0.25) is 0 Å². The summed E-state index contributed by atoms with van der Waals surface area (Å²) < 4.78 is 30.1. The molecule has 0 heterocycles. The zero-order valence-electron chi connectivity index (χ0n) is 7.18. The Labute approximate surface area is 77.9 Å². The third kappa shape index (κ3) is 2.95. The molecule has 0 spiro atoms. The molecule has 5 heteroatoms. The van der Waals surface area contributed by atoms with Crippen molar-refractivity contribution in [2.24, 2.45) is 5.73 Å². The predicted octanol–water partition coefficient (Wildman–Crippen LogP) is 0.478. The van der Waals surface area contributed by atoms with Crippen LogP contribution >= 0.6 is 0 Å². The summed E-state index contributed by atoms with van der Waals surface area (Å²) in [6, 6.07) is 0. The third-order valence-corrected chi connectivity index (χ3v) is 3.07. The molecule has 13 heavy (non-hydrogen) atoms. The van der Waals surface area contributed by atoms with E-state index in [4.69, 9.17) is 10.3 Å². The molecule has 0 amide bonds. The molecule has 0 bridgehead atoms. The number of hydrogen-bond donors (Lipinski definition) is 2. The lowest BCUT2D eigenvalue weighted by atomic mass is 10.0. The summed E-state index contributed by atoms with van der Waals surface area (Å²) in [6.45, 7) is 0.548. The summed E-state index contributed by atoms with van der Waals surface area (Å²) in [6.07, 6.45) is 6.08. The smallest absolute Gasteiger partial charge is 0.271 e. The van der Waals surface area contributed by atoms with Gasteiger partial charge in [0.25, 0.3) is 10.1 Å². The van der Waals surface area contributed by atoms with Crippen LogP contribution in [0.15, 0.2) is 23.8 Å². The van der Waals surface area contributed by atoms with E-state index >= 15 is 0 Å². The lowest BCUT2D eigenvalue weighted by molar-refractivity contribution is 0.474. The van der Waals surface area contributed by atoms with Gasteiger partial charge in [-0.25, -0.2) is 0 Å². The molecule has 0 saturated carbocycles. The number of hydrogen-bond acceptors (Lipinski definition) is 3. The van der Waals surface area contributed by atoms with Crippen LogP contribution in [0, 0.1) is 0 Å². The summed E-state index contributed by atoms with van der Waals surface area (Å²) in [7, 11) is -3.93. The van der Waals surface area contributed by atoms with Crippen LogP contribution in [0.25, 0.3) is 0 Å². The highest BCUT2D eigenvalue weighted by atomic mass is 32.2. The second-order valence-corrected chi connectivity index (χ2v) is 4.60. The van der Waals surface area contributed by atoms with Crippen molar-refractivity contribution in [1.29, 1.82) is 0 Å². The Kier molecular flexibility index (Phi) is 3.24. The van der Waals surface area contributed by atoms with Gasteiger partial charge in [-0.2, -0.15) is 8.42 Å². The largest absolute Gasteiger partial charge is 0.330 e. The fourth-order valence-electron chi connectivity index (χ4n) is 1.22. The van der Waals surface area contributed by atoms with E-state index in [1.165, 1.54) is 6.08 Å². The van der Waals surface area contributed by atoms with Crippen LogP contribution in [0.3, 0.4) is 0 Å². The number of allylic oxidation sites excluding steroid dienone is 2. The van der Waals surface area contributed by atoms with E-state index < -0.39 is 15.4 Å². The van der Waals surface area contributed by atoms with E-state index in [1.807, 2.05) is 0 Å². The first-order valence-corrected chi connectivity index (χ1v) is 5.58. The molecule has 0 aromatic rings. The summed E-state index contributed by atoms with van der Waals surface area (Å²) in [5.74, 6) is 0. The van der Waals surface area contributed by atoms with Crippen LogP contribution < -0.4 is 5.73 Å². The predicted molar refractivity (Wildman–Crippen MR) is 50.8 cm³/mol. The summed E-state index contributed by atoms with van der Waals surface area (Å²) in [5.41, 5.74) is 6.37. The minimum Gasteiger partial charge on any atom is -0.330 e.